The van der Waals surface area contributed by atoms with Crippen LogP contribution in [0.1, 0.15) is 56.6 Å². The van der Waals surface area contributed by atoms with Gasteiger partial charge in [0, 0.05) is 47.4 Å². The second-order valence-electron chi connectivity index (χ2n) is 10.2. The van der Waals surface area contributed by atoms with E-state index in [4.69, 9.17) is 11.6 Å². The highest BCUT2D eigenvalue weighted by molar-refractivity contribution is 9.07. The Balaban J connectivity index is 1.92. The van der Waals surface area contributed by atoms with Crippen molar-refractivity contribution in [3.63, 3.8) is 0 Å². The smallest absolute Gasteiger partial charge is 0.394 e. The van der Waals surface area contributed by atoms with Gasteiger partial charge >= 0.3 is 12.8 Å². The van der Waals surface area contributed by atoms with Crippen LogP contribution in [0.25, 0.3) is 11.3 Å². The van der Waals surface area contributed by atoms with Crippen LogP contribution in [0, 0.1) is 11.3 Å². The Kier molecular flexibility index (Phi) is 9.73. The molecule has 2 atom stereocenters. The predicted octanol–water partition coefficient (Wildman–Crippen LogP) is 7.10. The van der Waals surface area contributed by atoms with Gasteiger partial charge in [-0.1, -0.05) is 38.4 Å². The van der Waals surface area contributed by atoms with Crippen molar-refractivity contribution >= 4 is 33.7 Å². The minimum Gasteiger partial charge on any atom is -0.434 e. The summed E-state index contributed by atoms with van der Waals surface area (Å²) in [5, 5.41) is 7.06. The first-order valence-electron chi connectivity index (χ1n) is 12.3. The average Bonchev–Trinajstić information content (AvgIpc) is 3.13. The lowest BCUT2D eigenvalue weighted by Gasteiger charge is -2.34. The third-order valence-electron chi connectivity index (χ3n) is 6.71. The molecule has 38 heavy (non-hydrogen) atoms. The monoisotopic (exact) mass is 628 g/mol. The third-order valence-corrected chi connectivity index (χ3v) is 7.94. The molecular formula is C25H31BrClF5N4O2. The van der Waals surface area contributed by atoms with Crippen molar-refractivity contribution in [2.24, 2.45) is 11.3 Å². The minimum absolute atomic E-state index is 0.0696. The Morgan fingerprint density at radius 2 is 1.97 bits per heavy atom. The number of nitrogens with one attached hydrogen (secondary N) is 1. The van der Waals surface area contributed by atoms with Gasteiger partial charge in [-0.25, -0.2) is 3.93 Å². The van der Waals surface area contributed by atoms with Crippen molar-refractivity contribution in [3.8, 4) is 17.0 Å². The maximum atomic E-state index is 13.4. The Morgan fingerprint density at radius 3 is 2.55 bits per heavy atom. The maximum absolute atomic E-state index is 13.4. The fourth-order valence-corrected chi connectivity index (χ4v) is 5.56. The van der Waals surface area contributed by atoms with Crippen molar-refractivity contribution in [2.45, 2.75) is 72.3 Å². The first-order valence-corrected chi connectivity index (χ1v) is 13.3. The predicted molar refractivity (Wildman–Crippen MR) is 139 cm³/mol. The molecule has 1 N–H and O–H groups in total. The topological polar surface area (TPSA) is 59.4 Å². The van der Waals surface area contributed by atoms with Gasteiger partial charge in [0.25, 0.3) is 5.91 Å². The van der Waals surface area contributed by atoms with Gasteiger partial charge in [0.2, 0.25) is 0 Å². The fraction of sp³-hybridized carbons (Fsp3) is 0.600. The molecule has 1 aliphatic heterocycles. The van der Waals surface area contributed by atoms with Crippen LogP contribution in [-0.4, -0.2) is 51.5 Å². The van der Waals surface area contributed by atoms with Gasteiger partial charge in [0.1, 0.15) is 5.75 Å². The van der Waals surface area contributed by atoms with Gasteiger partial charge in [-0.15, -0.1) is 0 Å². The number of benzene rings is 1. The first kappa shape index (κ1) is 30.6. The molecule has 0 unspecified atom stereocenters. The van der Waals surface area contributed by atoms with Crippen LogP contribution in [0.15, 0.2) is 18.2 Å². The number of carbonyl (C=O) groups excluding carboxylic acids is 1. The lowest BCUT2D eigenvalue weighted by molar-refractivity contribution is -0.211. The van der Waals surface area contributed by atoms with E-state index in [0.717, 1.165) is 39.3 Å². The quantitative estimate of drug-likeness (QED) is 0.238. The number of hydrogen-bond acceptors (Lipinski definition) is 4. The second kappa shape index (κ2) is 12.1. The van der Waals surface area contributed by atoms with E-state index >= 15 is 0 Å². The van der Waals surface area contributed by atoms with E-state index in [2.05, 4.69) is 38.2 Å². The first-order chi connectivity index (χ1) is 17.6. The molecule has 2 aromatic rings. The molecule has 13 heteroatoms. The van der Waals surface area contributed by atoms with Gasteiger partial charge in [-0.05, 0) is 49.8 Å². The summed E-state index contributed by atoms with van der Waals surface area (Å²) in [7, 11) is 0. The summed E-state index contributed by atoms with van der Waals surface area (Å²) >= 11 is 10.1. The summed E-state index contributed by atoms with van der Waals surface area (Å²) < 4.78 is 74.9. The van der Waals surface area contributed by atoms with Crippen LogP contribution >= 0.6 is 27.7 Å². The zero-order chi connectivity index (χ0) is 28.4. The largest absolute Gasteiger partial charge is 0.434 e. The fourth-order valence-electron chi connectivity index (χ4n) is 4.40. The minimum atomic E-state index is -4.50. The van der Waals surface area contributed by atoms with E-state index in [1.807, 2.05) is 3.93 Å². The lowest BCUT2D eigenvalue weighted by Crippen LogP contribution is -2.44. The highest BCUT2D eigenvalue weighted by Crippen LogP contribution is 2.43. The van der Waals surface area contributed by atoms with E-state index < -0.39 is 30.5 Å². The molecule has 1 fully saturated rings. The van der Waals surface area contributed by atoms with E-state index in [9.17, 15) is 26.7 Å². The Hall–Kier alpha value is -1.92. The number of hydrogen-bond donors (Lipinski definition) is 1. The lowest BCUT2D eigenvalue weighted by atomic mass is 9.84. The molecule has 6 nitrogen and oxygen atoms in total. The summed E-state index contributed by atoms with van der Waals surface area (Å²) in [5.74, 6) is -0.345. The van der Waals surface area contributed by atoms with E-state index in [0.29, 0.717) is 12.5 Å². The molecule has 1 saturated heterocycles. The van der Waals surface area contributed by atoms with Gasteiger partial charge in [-0.2, -0.15) is 27.1 Å². The summed E-state index contributed by atoms with van der Waals surface area (Å²) in [4.78, 5) is 13.0. The van der Waals surface area contributed by atoms with Crippen LogP contribution < -0.4 is 10.1 Å². The molecule has 1 aliphatic rings. The number of alkyl halides is 5. The van der Waals surface area contributed by atoms with Gasteiger partial charge in [-0.3, -0.25) is 9.48 Å². The standard InChI is InChI=1S/C25H31BrClF5N4O2/c1-5-36-21(19(27)20(34-36)22(37)33-12-16-8-6-14(2)13-35(16)26)17-9-7-15(10-18(17)38-23(28)29)11-24(3,4)25(30,31)32/h7,9-10,14,16,23H,5-6,8,11-13H2,1-4H3,(H,33,37)/t14-,16+/m0/s1. The van der Waals surface area contributed by atoms with Crippen molar-refractivity contribution in [1.82, 2.24) is 19.0 Å². The van der Waals surface area contributed by atoms with Crippen LogP contribution in [0.5, 0.6) is 5.75 Å². The number of aryl methyl sites for hydroxylation is 1. The summed E-state index contributed by atoms with van der Waals surface area (Å²) in [6, 6.07) is 3.99. The van der Waals surface area contributed by atoms with Gasteiger partial charge in [0.15, 0.2) is 5.69 Å². The normalized spacial score (nSPS) is 19.2. The molecule has 1 aromatic heterocycles. The highest BCUT2D eigenvalue weighted by Gasteiger charge is 2.47. The summed E-state index contributed by atoms with van der Waals surface area (Å²) in [5.41, 5.74) is -1.77. The SMILES string of the molecule is CCn1nc(C(=O)NC[C@H]2CC[C@H](C)CN2Br)c(Cl)c1-c1ccc(CC(C)(C)C(F)(F)F)cc1OC(F)F. The van der Waals surface area contributed by atoms with E-state index in [1.54, 1.807) is 6.92 Å². The average molecular weight is 630 g/mol. The van der Waals surface area contributed by atoms with Crippen molar-refractivity contribution in [2.75, 3.05) is 13.1 Å². The molecule has 0 radical (unpaired) electrons. The molecule has 0 saturated carbocycles. The Bertz CT molecular complexity index is 1140. The van der Waals surface area contributed by atoms with Crippen molar-refractivity contribution < 1.29 is 31.5 Å². The zero-order valence-corrected chi connectivity index (χ0v) is 23.9. The van der Waals surface area contributed by atoms with Crippen molar-refractivity contribution in [1.29, 1.82) is 0 Å². The van der Waals surface area contributed by atoms with Gasteiger partial charge < -0.3 is 10.1 Å². The van der Waals surface area contributed by atoms with E-state index in [1.165, 1.54) is 16.8 Å². The van der Waals surface area contributed by atoms with Gasteiger partial charge in [0.05, 0.1) is 16.1 Å². The summed E-state index contributed by atoms with van der Waals surface area (Å²) in [6.07, 6.45) is -3.03. The molecule has 0 aliphatic carbocycles. The molecule has 212 valence electrons. The molecule has 0 bridgehead atoms. The highest BCUT2D eigenvalue weighted by atomic mass is 79.9. The Morgan fingerprint density at radius 1 is 1.29 bits per heavy atom. The van der Waals surface area contributed by atoms with Crippen LogP contribution in [0.4, 0.5) is 22.0 Å². The number of amides is 1. The Labute approximate surface area is 232 Å². The van der Waals surface area contributed by atoms with Crippen molar-refractivity contribution in [3.05, 3.63) is 34.5 Å². The van der Waals surface area contributed by atoms with Crippen LogP contribution in [-0.2, 0) is 13.0 Å². The second-order valence-corrected chi connectivity index (χ2v) is 11.5. The van der Waals surface area contributed by atoms with E-state index in [-0.39, 0.29) is 45.9 Å². The molecule has 1 amide bonds. The number of ether oxygens (including phenoxy) is 1. The van der Waals surface area contributed by atoms with Crippen LogP contribution in [0.3, 0.4) is 0 Å². The molecule has 0 spiro atoms. The maximum Gasteiger partial charge on any atom is 0.394 e. The third kappa shape index (κ3) is 6.98. The number of aromatic nitrogens is 2. The zero-order valence-electron chi connectivity index (χ0n) is 21.5. The van der Waals surface area contributed by atoms with Crippen LogP contribution in [0.2, 0.25) is 5.02 Å². The molecule has 1 aromatic carbocycles. The molecule has 3 rings (SSSR count). The number of rotatable bonds is 9. The number of carbonyl (C=O) groups is 1. The number of halogens is 7. The molecule has 2 heterocycles. The number of piperidine rings is 1. The summed E-state index contributed by atoms with van der Waals surface area (Å²) in [6.45, 7) is 4.16. The molecular weight excluding hydrogens is 599 g/mol. The number of nitrogens with zero attached hydrogens (tertiary/aromatic N) is 3.